The topological polar surface area (TPSA) is 89.4 Å². The Bertz CT molecular complexity index is 1260. The summed E-state index contributed by atoms with van der Waals surface area (Å²) >= 11 is 0. The van der Waals surface area contributed by atoms with E-state index in [1.807, 2.05) is 37.3 Å². The fourth-order valence-electron chi connectivity index (χ4n) is 3.02. The summed E-state index contributed by atoms with van der Waals surface area (Å²) in [7, 11) is 0. The summed E-state index contributed by atoms with van der Waals surface area (Å²) in [5.74, 6) is 0.653. The van der Waals surface area contributed by atoms with E-state index in [-0.39, 0.29) is 5.43 Å². The van der Waals surface area contributed by atoms with Crippen molar-refractivity contribution in [3.05, 3.63) is 94.2 Å². The molecule has 0 saturated heterocycles. The van der Waals surface area contributed by atoms with Gasteiger partial charge in [-0.15, -0.1) is 0 Å². The van der Waals surface area contributed by atoms with Crippen molar-refractivity contribution in [2.75, 3.05) is 0 Å². The van der Waals surface area contributed by atoms with Gasteiger partial charge in [-0.25, -0.2) is 9.67 Å². The van der Waals surface area contributed by atoms with Gasteiger partial charge in [0.2, 0.25) is 5.43 Å². The van der Waals surface area contributed by atoms with Crippen LogP contribution in [0, 0.1) is 11.3 Å². The van der Waals surface area contributed by atoms with Crippen LogP contribution in [0.5, 0.6) is 0 Å². The zero-order valence-corrected chi connectivity index (χ0v) is 15.9. The largest absolute Gasteiger partial charge is 0.288 e. The van der Waals surface area contributed by atoms with Gasteiger partial charge in [0.15, 0.2) is 5.82 Å². The highest BCUT2D eigenvalue weighted by Crippen LogP contribution is 2.17. The molecule has 2 aromatic heterocycles. The summed E-state index contributed by atoms with van der Waals surface area (Å²) in [6.45, 7) is 2.76. The second kappa shape index (κ2) is 7.90. The van der Waals surface area contributed by atoms with Gasteiger partial charge in [-0.05, 0) is 36.8 Å². The summed E-state index contributed by atoms with van der Waals surface area (Å²) in [6, 6.07) is 18.5. The van der Waals surface area contributed by atoms with Gasteiger partial charge < -0.3 is 0 Å². The maximum atomic E-state index is 12.4. The van der Waals surface area contributed by atoms with Crippen LogP contribution in [0.3, 0.4) is 0 Å². The zero-order valence-electron chi connectivity index (χ0n) is 15.9. The molecule has 0 aliphatic rings. The van der Waals surface area contributed by atoms with Crippen molar-refractivity contribution in [2.24, 2.45) is 0 Å². The summed E-state index contributed by atoms with van der Waals surface area (Å²) in [4.78, 5) is 16.7. The molecular formula is C22H18N6O. The molecule has 0 amide bonds. The molecule has 0 aliphatic heterocycles. The highest BCUT2D eigenvalue weighted by Gasteiger charge is 2.09. The van der Waals surface area contributed by atoms with Crippen LogP contribution in [-0.2, 0) is 13.0 Å². The van der Waals surface area contributed by atoms with Crippen molar-refractivity contribution < 1.29 is 0 Å². The Hall–Kier alpha value is -4.05. The molecule has 29 heavy (non-hydrogen) atoms. The molecule has 4 aromatic rings. The van der Waals surface area contributed by atoms with Crippen molar-refractivity contribution in [1.29, 1.82) is 5.26 Å². The van der Waals surface area contributed by atoms with Crippen molar-refractivity contribution in [2.45, 2.75) is 19.9 Å². The SMILES string of the molecule is CCn1cnc(-c2cccc(Cc3nn(-c4cccc(C#N)c4)ccc3=O)c2)n1. The minimum atomic E-state index is -0.128. The summed E-state index contributed by atoms with van der Waals surface area (Å²) in [5, 5.41) is 18.0. The van der Waals surface area contributed by atoms with E-state index in [1.54, 1.807) is 40.1 Å². The molecule has 142 valence electrons. The lowest BCUT2D eigenvalue weighted by Crippen LogP contribution is -2.16. The van der Waals surface area contributed by atoms with Crippen molar-refractivity contribution in [3.63, 3.8) is 0 Å². The van der Waals surface area contributed by atoms with Crippen LogP contribution in [0.4, 0.5) is 0 Å². The highest BCUT2D eigenvalue weighted by atomic mass is 16.1. The van der Waals surface area contributed by atoms with Crippen LogP contribution < -0.4 is 5.43 Å². The number of benzene rings is 2. The monoisotopic (exact) mass is 382 g/mol. The Morgan fingerprint density at radius 2 is 1.93 bits per heavy atom. The zero-order chi connectivity index (χ0) is 20.2. The van der Waals surface area contributed by atoms with E-state index in [9.17, 15) is 4.79 Å². The predicted octanol–water partition coefficient (Wildman–Crippen LogP) is 2.97. The predicted molar refractivity (Wildman–Crippen MR) is 108 cm³/mol. The van der Waals surface area contributed by atoms with E-state index in [0.717, 1.165) is 23.4 Å². The van der Waals surface area contributed by atoms with Gasteiger partial charge in [-0.3, -0.25) is 9.48 Å². The first-order valence-corrected chi connectivity index (χ1v) is 9.24. The Balaban J connectivity index is 1.65. The Morgan fingerprint density at radius 1 is 1.07 bits per heavy atom. The fraction of sp³-hybridized carbons (Fsp3) is 0.136. The normalized spacial score (nSPS) is 10.6. The van der Waals surface area contributed by atoms with Crippen LogP contribution in [0.15, 0.2) is 71.9 Å². The van der Waals surface area contributed by atoms with Gasteiger partial charge in [0, 0.05) is 30.8 Å². The Labute approximate surface area is 167 Å². The Kier molecular flexibility index (Phi) is 4.99. The minimum Gasteiger partial charge on any atom is -0.288 e. The van der Waals surface area contributed by atoms with E-state index in [4.69, 9.17) is 5.26 Å². The second-order valence-electron chi connectivity index (χ2n) is 6.53. The first-order chi connectivity index (χ1) is 14.2. The van der Waals surface area contributed by atoms with Crippen LogP contribution in [-0.4, -0.2) is 24.5 Å². The number of rotatable bonds is 5. The third kappa shape index (κ3) is 3.96. The molecule has 4 rings (SSSR count). The quantitative estimate of drug-likeness (QED) is 0.529. The molecule has 2 heterocycles. The number of hydrogen-bond donors (Lipinski definition) is 0. The number of aromatic nitrogens is 5. The van der Waals surface area contributed by atoms with Gasteiger partial charge in [0.25, 0.3) is 0 Å². The molecule has 0 saturated carbocycles. The molecule has 0 spiro atoms. The second-order valence-corrected chi connectivity index (χ2v) is 6.53. The van der Waals surface area contributed by atoms with Crippen LogP contribution in [0.1, 0.15) is 23.7 Å². The van der Waals surface area contributed by atoms with E-state index in [2.05, 4.69) is 21.3 Å². The number of nitrogens with zero attached hydrogens (tertiary/aromatic N) is 6. The van der Waals surface area contributed by atoms with E-state index >= 15 is 0 Å². The molecule has 0 unspecified atom stereocenters. The lowest BCUT2D eigenvalue weighted by molar-refractivity contribution is 0.659. The van der Waals surface area contributed by atoms with E-state index in [0.29, 0.717) is 23.5 Å². The lowest BCUT2D eigenvalue weighted by atomic mass is 10.1. The van der Waals surface area contributed by atoms with Crippen LogP contribution in [0.2, 0.25) is 0 Å². The first-order valence-electron chi connectivity index (χ1n) is 9.24. The molecule has 0 N–H and O–H groups in total. The molecule has 0 bridgehead atoms. The van der Waals surface area contributed by atoms with Crippen molar-refractivity contribution in [1.82, 2.24) is 24.5 Å². The highest BCUT2D eigenvalue weighted by molar-refractivity contribution is 5.55. The van der Waals surface area contributed by atoms with Gasteiger partial charge in [-0.2, -0.15) is 15.5 Å². The van der Waals surface area contributed by atoms with Crippen LogP contribution >= 0.6 is 0 Å². The number of nitriles is 1. The minimum absolute atomic E-state index is 0.128. The fourth-order valence-corrected chi connectivity index (χ4v) is 3.02. The van der Waals surface area contributed by atoms with Gasteiger partial charge in [0.1, 0.15) is 12.0 Å². The lowest BCUT2D eigenvalue weighted by Gasteiger charge is -2.08. The number of hydrogen-bond acceptors (Lipinski definition) is 5. The molecule has 0 atom stereocenters. The molecular weight excluding hydrogens is 364 g/mol. The van der Waals surface area contributed by atoms with Crippen LogP contribution in [0.25, 0.3) is 17.1 Å². The molecule has 7 nitrogen and oxygen atoms in total. The average molecular weight is 382 g/mol. The maximum Gasteiger partial charge on any atom is 0.203 e. The number of aryl methyl sites for hydroxylation is 1. The summed E-state index contributed by atoms with van der Waals surface area (Å²) in [6.07, 6.45) is 3.70. The molecule has 0 fully saturated rings. The Morgan fingerprint density at radius 3 is 2.72 bits per heavy atom. The third-order valence-corrected chi connectivity index (χ3v) is 4.54. The summed E-state index contributed by atoms with van der Waals surface area (Å²) in [5.41, 5.74) is 3.41. The molecule has 0 radical (unpaired) electrons. The van der Waals surface area contributed by atoms with E-state index in [1.165, 1.54) is 6.07 Å². The van der Waals surface area contributed by atoms with Crippen molar-refractivity contribution in [3.8, 4) is 23.1 Å². The first kappa shape index (κ1) is 18.3. The molecule has 7 heteroatoms. The van der Waals surface area contributed by atoms with E-state index < -0.39 is 0 Å². The van der Waals surface area contributed by atoms with Gasteiger partial charge >= 0.3 is 0 Å². The molecule has 2 aromatic carbocycles. The summed E-state index contributed by atoms with van der Waals surface area (Å²) < 4.78 is 3.39. The average Bonchev–Trinajstić information content (AvgIpc) is 3.25. The van der Waals surface area contributed by atoms with Crippen molar-refractivity contribution >= 4 is 0 Å². The van der Waals surface area contributed by atoms with Gasteiger partial charge in [0.05, 0.1) is 17.3 Å². The van der Waals surface area contributed by atoms with Gasteiger partial charge in [-0.1, -0.05) is 24.3 Å². The molecule has 0 aliphatic carbocycles. The third-order valence-electron chi connectivity index (χ3n) is 4.54. The standard InChI is InChI=1S/C22H18N6O/c1-2-27-15-24-22(26-27)18-7-3-5-16(11-18)13-20-21(29)9-10-28(25-20)19-8-4-6-17(12-19)14-23/h3-12,15H,2,13H2,1H3. The maximum absolute atomic E-state index is 12.4. The smallest absolute Gasteiger partial charge is 0.203 e.